The lowest BCUT2D eigenvalue weighted by Gasteiger charge is -2.33. The van der Waals surface area contributed by atoms with E-state index in [0.717, 1.165) is 33.8 Å². The van der Waals surface area contributed by atoms with E-state index in [9.17, 15) is 0 Å². The fourth-order valence-electron chi connectivity index (χ4n) is 3.96. The highest BCUT2D eigenvalue weighted by Gasteiger charge is 2.34. The van der Waals surface area contributed by atoms with Gasteiger partial charge in [-0.3, -0.25) is 0 Å². The van der Waals surface area contributed by atoms with Crippen molar-refractivity contribution in [2.24, 2.45) is 0 Å². The highest BCUT2D eigenvalue weighted by Crippen LogP contribution is 2.25. The number of hydrogen-bond acceptors (Lipinski definition) is 7. The maximum atomic E-state index is 6.66. The summed E-state index contributed by atoms with van der Waals surface area (Å²) in [5, 5.41) is 0. The number of nitrogen functional groups attached to an aromatic ring is 2. The number of hydrogen-bond donors (Lipinski definition) is 2. The lowest BCUT2D eigenvalue weighted by Crippen LogP contribution is -2.51. The Morgan fingerprint density at radius 3 is 1.22 bits per heavy atom. The van der Waals surface area contributed by atoms with Gasteiger partial charge >= 0.3 is 0 Å². The van der Waals surface area contributed by atoms with Crippen LogP contribution in [-0.2, 0) is 4.12 Å². The van der Waals surface area contributed by atoms with Gasteiger partial charge in [0, 0.05) is 23.5 Å². The van der Waals surface area contributed by atoms with E-state index in [-0.39, 0.29) is 0 Å². The van der Waals surface area contributed by atoms with Crippen molar-refractivity contribution in [2.75, 3.05) is 23.9 Å². The molecule has 7 nitrogen and oxygen atoms in total. The Labute approximate surface area is 220 Å². The molecule has 4 N–H and O–H groups in total. The second-order valence-corrected chi connectivity index (χ2v) is 18.6. The summed E-state index contributed by atoms with van der Waals surface area (Å²) in [5.74, 6) is 2.67. The van der Waals surface area contributed by atoms with Crippen molar-refractivity contribution in [3.63, 3.8) is 0 Å². The van der Waals surface area contributed by atoms with Crippen LogP contribution in [0.3, 0.4) is 0 Å². The van der Waals surface area contributed by atoms with E-state index in [1.54, 1.807) is 24.5 Å². The van der Waals surface area contributed by atoms with Crippen LogP contribution in [-0.4, -0.2) is 39.1 Å². The third-order valence-electron chi connectivity index (χ3n) is 5.67. The number of nitrogens with zero attached hydrogens (tertiary/aromatic N) is 2. The number of ether oxygens (including phenoxy) is 2. The summed E-state index contributed by atoms with van der Waals surface area (Å²) in [5.41, 5.74) is 15.5. The molecule has 0 aliphatic heterocycles. The van der Waals surface area contributed by atoms with Crippen molar-refractivity contribution in [3.8, 4) is 33.8 Å². The first-order valence-electron chi connectivity index (χ1n) is 12.2. The maximum Gasteiger partial charge on any atom is 0.213 e. The molecule has 0 saturated heterocycles. The summed E-state index contributed by atoms with van der Waals surface area (Å²) in [6.07, 6.45) is 4.68. The summed E-state index contributed by atoms with van der Waals surface area (Å²) in [6.45, 7) is 8.74. The molecule has 2 aromatic heterocycles. The normalized spacial score (nSPS) is 11.8. The van der Waals surface area contributed by atoms with Crippen LogP contribution in [0.25, 0.3) is 22.3 Å². The van der Waals surface area contributed by atoms with Gasteiger partial charge in [0.1, 0.15) is 35.6 Å². The molecule has 0 amide bonds. The average Bonchev–Trinajstić information content (AvgIpc) is 2.87. The predicted molar refractivity (Wildman–Crippen MR) is 155 cm³/mol. The standard InChI is InChI=1S/C28H34N4O3Si2/c1-36(2,19-33-25-11-5-21(6-12-25)23-9-15-27(29)31-17-23)35-37(3,4)20-34-26-13-7-22(8-14-26)24-10-16-28(30)32-18-24/h5-18H,19-20H2,1-4H3,(H2,29,31)(H2,30,32). The van der Waals surface area contributed by atoms with Gasteiger partial charge in [-0.15, -0.1) is 0 Å². The highest BCUT2D eigenvalue weighted by atomic mass is 28.4. The lowest BCUT2D eigenvalue weighted by atomic mass is 10.1. The van der Waals surface area contributed by atoms with E-state index in [4.69, 9.17) is 25.1 Å². The van der Waals surface area contributed by atoms with Gasteiger partial charge in [-0.25, -0.2) is 9.97 Å². The highest BCUT2D eigenvalue weighted by molar-refractivity contribution is 6.84. The maximum absolute atomic E-state index is 6.66. The SMILES string of the molecule is C[Si](C)(COc1ccc(-c2ccc(N)nc2)cc1)O[Si](C)(C)COc1ccc(-c2ccc(N)nc2)cc1. The Kier molecular flexibility index (Phi) is 7.96. The van der Waals surface area contributed by atoms with Gasteiger partial charge in [-0.1, -0.05) is 24.3 Å². The molecule has 2 heterocycles. The van der Waals surface area contributed by atoms with Crippen LogP contribution in [0.4, 0.5) is 11.6 Å². The molecule has 0 bridgehead atoms. The number of rotatable bonds is 10. The summed E-state index contributed by atoms with van der Waals surface area (Å²) in [4.78, 5) is 8.31. The summed E-state index contributed by atoms with van der Waals surface area (Å²) >= 11 is 0. The van der Waals surface area contributed by atoms with Gasteiger partial charge in [0.05, 0.1) is 0 Å². The van der Waals surface area contributed by atoms with Gasteiger partial charge in [-0.05, 0) is 85.8 Å². The Morgan fingerprint density at radius 2 is 0.892 bits per heavy atom. The Morgan fingerprint density at radius 1 is 0.541 bits per heavy atom. The molecular formula is C28H34N4O3Si2. The molecule has 0 radical (unpaired) electrons. The predicted octanol–water partition coefficient (Wildman–Crippen LogP) is 5.94. The third kappa shape index (κ3) is 7.66. The van der Waals surface area contributed by atoms with E-state index in [0.29, 0.717) is 24.1 Å². The third-order valence-corrected chi connectivity index (χ3v) is 11.8. The molecule has 4 aromatic rings. The minimum Gasteiger partial charge on any atom is -0.494 e. The zero-order valence-corrected chi connectivity index (χ0v) is 23.8. The van der Waals surface area contributed by atoms with Crippen molar-refractivity contribution in [1.82, 2.24) is 9.97 Å². The van der Waals surface area contributed by atoms with E-state index >= 15 is 0 Å². The molecule has 0 spiro atoms. The van der Waals surface area contributed by atoms with Crippen molar-refractivity contribution >= 4 is 28.3 Å². The monoisotopic (exact) mass is 530 g/mol. The quantitative estimate of drug-likeness (QED) is 0.245. The van der Waals surface area contributed by atoms with Crippen LogP contribution in [0.15, 0.2) is 85.2 Å². The van der Waals surface area contributed by atoms with Crippen LogP contribution in [0.1, 0.15) is 0 Å². The molecule has 37 heavy (non-hydrogen) atoms. The second-order valence-electron chi connectivity index (χ2n) is 10.2. The average molecular weight is 531 g/mol. The molecule has 192 valence electrons. The minimum absolute atomic E-state index is 0.512. The van der Waals surface area contributed by atoms with E-state index in [2.05, 4.69) is 36.2 Å². The zero-order valence-electron chi connectivity index (χ0n) is 21.8. The fourth-order valence-corrected chi connectivity index (χ4v) is 11.4. The molecule has 0 saturated carbocycles. The number of anilines is 2. The Hall–Kier alpha value is -3.67. The summed E-state index contributed by atoms with van der Waals surface area (Å²) < 4.78 is 18.9. The smallest absolute Gasteiger partial charge is 0.213 e. The van der Waals surface area contributed by atoms with E-state index in [1.165, 1.54) is 0 Å². The van der Waals surface area contributed by atoms with E-state index in [1.807, 2.05) is 60.7 Å². The largest absolute Gasteiger partial charge is 0.494 e. The molecule has 2 aromatic carbocycles. The first kappa shape index (κ1) is 26.4. The summed E-state index contributed by atoms with van der Waals surface area (Å²) in [7, 11) is -4.17. The Bertz CT molecular complexity index is 1190. The van der Waals surface area contributed by atoms with Crippen LogP contribution < -0.4 is 20.9 Å². The van der Waals surface area contributed by atoms with Crippen LogP contribution in [0.2, 0.25) is 26.2 Å². The Balaban J connectivity index is 1.27. The first-order valence-corrected chi connectivity index (χ1v) is 18.4. The number of nitrogens with two attached hydrogens (primary N) is 2. The van der Waals surface area contributed by atoms with Crippen molar-refractivity contribution < 1.29 is 13.6 Å². The lowest BCUT2D eigenvalue weighted by molar-refractivity contribution is 0.329. The van der Waals surface area contributed by atoms with Gasteiger partial charge in [-0.2, -0.15) is 0 Å². The van der Waals surface area contributed by atoms with Crippen molar-refractivity contribution in [1.29, 1.82) is 0 Å². The molecule has 0 fully saturated rings. The fraction of sp³-hybridized carbons (Fsp3) is 0.214. The number of benzene rings is 2. The summed E-state index contributed by atoms with van der Waals surface area (Å²) in [6, 6.07) is 23.5. The minimum atomic E-state index is -2.08. The second kappa shape index (κ2) is 11.2. The van der Waals surface area contributed by atoms with E-state index < -0.39 is 16.6 Å². The molecule has 0 aliphatic carbocycles. The molecule has 0 unspecified atom stereocenters. The molecule has 4 rings (SSSR count). The van der Waals surface area contributed by atoms with Crippen LogP contribution in [0, 0.1) is 0 Å². The van der Waals surface area contributed by atoms with Gasteiger partial charge in [0.15, 0.2) is 0 Å². The van der Waals surface area contributed by atoms with Crippen LogP contribution in [0.5, 0.6) is 11.5 Å². The topological polar surface area (TPSA) is 106 Å². The van der Waals surface area contributed by atoms with Gasteiger partial charge in [0.2, 0.25) is 16.6 Å². The van der Waals surface area contributed by atoms with Crippen molar-refractivity contribution in [3.05, 3.63) is 85.2 Å². The number of pyridine rings is 2. The molecule has 0 atom stereocenters. The van der Waals surface area contributed by atoms with Gasteiger partial charge in [0.25, 0.3) is 0 Å². The zero-order chi connectivity index (χ0) is 26.5. The first-order chi connectivity index (χ1) is 17.6. The molecular weight excluding hydrogens is 497 g/mol. The molecule has 0 aliphatic rings. The number of aromatic nitrogens is 2. The van der Waals surface area contributed by atoms with Crippen molar-refractivity contribution in [2.45, 2.75) is 26.2 Å². The van der Waals surface area contributed by atoms with Gasteiger partial charge < -0.3 is 25.1 Å². The van der Waals surface area contributed by atoms with Crippen LogP contribution >= 0.6 is 0 Å². The molecule has 9 heteroatoms.